The van der Waals surface area contributed by atoms with Gasteiger partial charge in [0.05, 0.1) is 0 Å². The molecule has 0 bridgehead atoms. The zero-order chi connectivity index (χ0) is 11.6. The average Bonchev–Trinajstić information content (AvgIpc) is 1.99. The lowest BCUT2D eigenvalue weighted by Crippen LogP contribution is -2.22. The molecule has 1 aromatic carbocycles. The van der Waals surface area contributed by atoms with E-state index in [0.717, 1.165) is 12.0 Å². The second-order valence-corrected chi connectivity index (χ2v) is 5.57. The highest BCUT2D eigenvalue weighted by molar-refractivity contribution is 6.20. The second kappa shape index (κ2) is 4.52. The van der Waals surface area contributed by atoms with Crippen LogP contribution in [0, 0.1) is 12.7 Å². The van der Waals surface area contributed by atoms with Crippen molar-refractivity contribution < 1.29 is 4.39 Å². The number of aryl methyl sites for hydroxylation is 1. The SMILES string of the molecule is Cc1cc(F)ccc1C(C)(C)CC(C)Cl. The summed E-state index contributed by atoms with van der Waals surface area (Å²) in [4.78, 5) is 0. The van der Waals surface area contributed by atoms with Crippen molar-refractivity contribution in [3.8, 4) is 0 Å². The van der Waals surface area contributed by atoms with Crippen molar-refractivity contribution in [1.29, 1.82) is 0 Å². The highest BCUT2D eigenvalue weighted by Crippen LogP contribution is 2.32. The smallest absolute Gasteiger partial charge is 0.123 e. The highest BCUT2D eigenvalue weighted by Gasteiger charge is 2.24. The summed E-state index contributed by atoms with van der Waals surface area (Å²) >= 11 is 6.02. The van der Waals surface area contributed by atoms with E-state index in [9.17, 15) is 4.39 Å². The molecule has 0 nitrogen and oxygen atoms in total. The summed E-state index contributed by atoms with van der Waals surface area (Å²) in [6.07, 6.45) is 0.890. The van der Waals surface area contributed by atoms with Gasteiger partial charge in [-0.25, -0.2) is 4.39 Å². The van der Waals surface area contributed by atoms with E-state index in [1.54, 1.807) is 6.07 Å². The van der Waals surface area contributed by atoms with E-state index in [1.165, 1.54) is 11.6 Å². The topological polar surface area (TPSA) is 0 Å². The average molecular weight is 229 g/mol. The second-order valence-electron chi connectivity index (χ2n) is 4.83. The molecule has 1 rings (SSSR count). The largest absolute Gasteiger partial charge is 0.207 e. The van der Waals surface area contributed by atoms with Crippen LogP contribution in [0.2, 0.25) is 0 Å². The molecule has 0 spiro atoms. The molecule has 0 heterocycles. The van der Waals surface area contributed by atoms with E-state index < -0.39 is 0 Å². The molecular formula is C13H18ClF. The van der Waals surface area contributed by atoms with E-state index in [0.29, 0.717) is 0 Å². The standard InChI is InChI=1S/C13H18ClF/c1-9-7-11(15)5-6-12(9)13(3,4)8-10(2)14/h5-7,10H,8H2,1-4H3. The minimum absolute atomic E-state index is 0.00104. The van der Waals surface area contributed by atoms with Gasteiger partial charge in [-0.15, -0.1) is 11.6 Å². The van der Waals surface area contributed by atoms with E-state index in [-0.39, 0.29) is 16.6 Å². The minimum Gasteiger partial charge on any atom is -0.207 e. The molecular weight excluding hydrogens is 211 g/mol. The van der Waals surface area contributed by atoms with Crippen LogP contribution in [0.1, 0.15) is 38.3 Å². The van der Waals surface area contributed by atoms with Crippen LogP contribution in [0.15, 0.2) is 18.2 Å². The first kappa shape index (κ1) is 12.5. The van der Waals surface area contributed by atoms with Gasteiger partial charge in [0.2, 0.25) is 0 Å². The van der Waals surface area contributed by atoms with Gasteiger partial charge >= 0.3 is 0 Å². The van der Waals surface area contributed by atoms with Crippen LogP contribution in [0.25, 0.3) is 0 Å². The Bertz CT molecular complexity index is 342. The molecule has 2 heteroatoms. The summed E-state index contributed by atoms with van der Waals surface area (Å²) in [6, 6.07) is 4.96. The Hall–Kier alpha value is -0.560. The predicted molar refractivity (Wildman–Crippen MR) is 64.1 cm³/mol. The molecule has 0 aliphatic heterocycles. The van der Waals surface area contributed by atoms with Crippen molar-refractivity contribution >= 4 is 11.6 Å². The molecule has 1 atom stereocenters. The molecule has 0 aliphatic carbocycles. The van der Waals surface area contributed by atoms with Gasteiger partial charge in [0, 0.05) is 5.38 Å². The monoisotopic (exact) mass is 228 g/mol. The van der Waals surface area contributed by atoms with Gasteiger partial charge in [-0.3, -0.25) is 0 Å². The van der Waals surface area contributed by atoms with Gasteiger partial charge < -0.3 is 0 Å². The maximum absolute atomic E-state index is 13.0. The van der Waals surface area contributed by atoms with Crippen LogP contribution >= 0.6 is 11.6 Å². The summed E-state index contributed by atoms with van der Waals surface area (Å²) in [5.41, 5.74) is 2.17. The van der Waals surface area contributed by atoms with Crippen LogP contribution in [0.4, 0.5) is 4.39 Å². The highest BCUT2D eigenvalue weighted by atomic mass is 35.5. The zero-order valence-corrected chi connectivity index (χ0v) is 10.5. The minimum atomic E-state index is -0.175. The van der Waals surface area contributed by atoms with Gasteiger partial charge in [0.25, 0.3) is 0 Å². The van der Waals surface area contributed by atoms with Crippen LogP contribution < -0.4 is 0 Å². The molecule has 0 radical (unpaired) electrons. The first-order chi connectivity index (χ1) is 6.83. The maximum atomic E-state index is 13.0. The molecule has 1 unspecified atom stereocenters. The molecule has 0 amide bonds. The molecule has 0 saturated heterocycles. The summed E-state index contributed by atoms with van der Waals surface area (Å²) in [5.74, 6) is -0.175. The fourth-order valence-corrected chi connectivity index (χ4v) is 2.59. The summed E-state index contributed by atoms with van der Waals surface area (Å²) in [5, 5.41) is 0.129. The molecule has 84 valence electrons. The van der Waals surface area contributed by atoms with Gasteiger partial charge in [0.15, 0.2) is 0 Å². The van der Waals surface area contributed by atoms with Crippen LogP contribution in [0.5, 0.6) is 0 Å². The Kier molecular flexibility index (Phi) is 3.77. The Morgan fingerprint density at radius 3 is 2.47 bits per heavy atom. The quantitative estimate of drug-likeness (QED) is 0.672. The van der Waals surface area contributed by atoms with Crippen molar-refractivity contribution in [3.63, 3.8) is 0 Å². The van der Waals surface area contributed by atoms with E-state index in [1.807, 2.05) is 19.9 Å². The molecule has 1 aromatic rings. The van der Waals surface area contributed by atoms with E-state index >= 15 is 0 Å². The third kappa shape index (κ3) is 3.20. The summed E-state index contributed by atoms with van der Waals surface area (Å²) in [7, 11) is 0. The number of hydrogen-bond acceptors (Lipinski definition) is 0. The third-order valence-electron chi connectivity index (χ3n) is 2.71. The predicted octanol–water partition coefficient (Wildman–Crippen LogP) is 4.43. The number of benzene rings is 1. The first-order valence-electron chi connectivity index (χ1n) is 5.23. The van der Waals surface area contributed by atoms with Crippen molar-refractivity contribution in [2.24, 2.45) is 0 Å². The molecule has 0 fully saturated rings. The Balaban J connectivity index is 3.04. The lowest BCUT2D eigenvalue weighted by Gasteiger charge is -2.28. The fraction of sp³-hybridized carbons (Fsp3) is 0.538. The number of rotatable bonds is 3. The third-order valence-corrected chi connectivity index (χ3v) is 2.86. The maximum Gasteiger partial charge on any atom is 0.123 e. The van der Waals surface area contributed by atoms with Crippen molar-refractivity contribution in [2.75, 3.05) is 0 Å². The molecule has 15 heavy (non-hydrogen) atoms. The van der Waals surface area contributed by atoms with Gasteiger partial charge in [-0.05, 0) is 48.9 Å². The van der Waals surface area contributed by atoms with Gasteiger partial charge in [-0.2, -0.15) is 0 Å². The number of halogens is 2. The van der Waals surface area contributed by atoms with Crippen LogP contribution in [-0.4, -0.2) is 5.38 Å². The molecule has 0 N–H and O–H groups in total. The van der Waals surface area contributed by atoms with Crippen molar-refractivity contribution in [2.45, 2.75) is 44.9 Å². The lowest BCUT2D eigenvalue weighted by molar-refractivity contribution is 0.473. The Labute approximate surface area is 96.5 Å². The zero-order valence-electron chi connectivity index (χ0n) is 9.77. The Morgan fingerprint density at radius 1 is 1.40 bits per heavy atom. The van der Waals surface area contributed by atoms with Crippen molar-refractivity contribution in [1.82, 2.24) is 0 Å². The van der Waals surface area contributed by atoms with Crippen molar-refractivity contribution in [3.05, 3.63) is 35.1 Å². The molecule has 0 aromatic heterocycles. The van der Waals surface area contributed by atoms with E-state index in [4.69, 9.17) is 11.6 Å². The molecule has 0 saturated carbocycles. The number of alkyl halides is 1. The van der Waals surface area contributed by atoms with Crippen LogP contribution in [-0.2, 0) is 5.41 Å². The normalized spacial score (nSPS) is 14.0. The van der Waals surface area contributed by atoms with Crippen LogP contribution in [0.3, 0.4) is 0 Å². The number of hydrogen-bond donors (Lipinski definition) is 0. The summed E-state index contributed by atoms with van der Waals surface area (Å²) < 4.78 is 13.0. The lowest BCUT2D eigenvalue weighted by atomic mass is 9.78. The van der Waals surface area contributed by atoms with E-state index in [2.05, 4.69) is 13.8 Å². The Morgan fingerprint density at radius 2 is 2.00 bits per heavy atom. The fourth-order valence-electron chi connectivity index (χ4n) is 2.20. The van der Waals surface area contributed by atoms with Gasteiger partial charge in [0.1, 0.15) is 5.82 Å². The summed E-state index contributed by atoms with van der Waals surface area (Å²) in [6.45, 7) is 8.22. The first-order valence-corrected chi connectivity index (χ1v) is 5.67. The van der Waals surface area contributed by atoms with Gasteiger partial charge in [-0.1, -0.05) is 19.9 Å². The molecule has 0 aliphatic rings.